The van der Waals surface area contributed by atoms with Crippen molar-refractivity contribution >= 4 is 51.9 Å². The van der Waals surface area contributed by atoms with Crippen molar-refractivity contribution in [2.24, 2.45) is 4.99 Å². The summed E-state index contributed by atoms with van der Waals surface area (Å²) in [6, 6.07) is 24.1. The Kier molecular flexibility index (Phi) is 5.55. The molecule has 0 bridgehead atoms. The standard InChI is InChI=1S/C22H17ClN4OS/c23-15-10-12-16(13-11-15)24-22(28)27-20-21(29)25-18-9-5-4-8-17(18)19(26-20)14-6-2-1-3-7-14/h1-13,20H,(H,25,29)(H2,24,27,28)/t20-/m0/s1. The average Bonchev–Trinajstić information content (AvgIpc) is 2.87. The van der Waals surface area contributed by atoms with E-state index in [1.807, 2.05) is 54.6 Å². The van der Waals surface area contributed by atoms with Gasteiger partial charge in [-0.1, -0.05) is 72.3 Å². The zero-order valence-electron chi connectivity index (χ0n) is 15.2. The highest BCUT2D eigenvalue weighted by Crippen LogP contribution is 2.24. The smallest absolute Gasteiger partial charge is 0.321 e. The Balaban J connectivity index is 1.63. The molecule has 3 aromatic rings. The molecule has 3 aromatic carbocycles. The first kappa shape index (κ1) is 19.1. The van der Waals surface area contributed by atoms with Gasteiger partial charge in [0.1, 0.15) is 4.99 Å². The van der Waals surface area contributed by atoms with Gasteiger partial charge in [0, 0.05) is 27.5 Å². The third kappa shape index (κ3) is 4.45. The predicted molar refractivity (Wildman–Crippen MR) is 122 cm³/mol. The molecule has 3 N–H and O–H groups in total. The molecule has 144 valence electrons. The topological polar surface area (TPSA) is 65.5 Å². The Bertz CT molecular complexity index is 1080. The fourth-order valence-corrected chi connectivity index (χ4v) is 3.35. The highest BCUT2D eigenvalue weighted by atomic mass is 35.5. The van der Waals surface area contributed by atoms with Crippen LogP contribution in [0.25, 0.3) is 0 Å². The molecule has 0 fully saturated rings. The molecule has 0 radical (unpaired) electrons. The number of carbonyl (C=O) groups is 1. The number of nitrogens with zero attached hydrogens (tertiary/aromatic N) is 1. The zero-order chi connectivity index (χ0) is 20.2. The van der Waals surface area contributed by atoms with Crippen molar-refractivity contribution in [3.05, 3.63) is 95.0 Å². The number of benzene rings is 3. The number of hydrogen-bond donors (Lipinski definition) is 3. The van der Waals surface area contributed by atoms with E-state index in [0.717, 1.165) is 22.5 Å². The summed E-state index contributed by atoms with van der Waals surface area (Å²) in [5, 5.41) is 9.40. The van der Waals surface area contributed by atoms with E-state index in [9.17, 15) is 4.79 Å². The lowest BCUT2D eigenvalue weighted by atomic mass is 10.0. The Hall–Kier alpha value is -3.22. The van der Waals surface area contributed by atoms with Gasteiger partial charge < -0.3 is 16.0 Å². The molecule has 4 rings (SSSR count). The number of hydrogen-bond acceptors (Lipinski definition) is 3. The van der Waals surface area contributed by atoms with E-state index in [2.05, 4.69) is 16.0 Å². The molecule has 1 atom stereocenters. The summed E-state index contributed by atoms with van der Waals surface area (Å²) in [6.45, 7) is 0. The molecule has 0 aromatic heterocycles. The van der Waals surface area contributed by atoms with Gasteiger partial charge >= 0.3 is 6.03 Å². The average molecular weight is 421 g/mol. The lowest BCUT2D eigenvalue weighted by molar-refractivity contribution is 0.251. The Morgan fingerprint density at radius 2 is 1.66 bits per heavy atom. The molecule has 0 spiro atoms. The number of aliphatic imine (C=N–C) groups is 1. The van der Waals surface area contributed by atoms with E-state index < -0.39 is 12.2 Å². The van der Waals surface area contributed by atoms with Gasteiger partial charge in [-0.3, -0.25) is 4.99 Å². The molecular weight excluding hydrogens is 404 g/mol. The van der Waals surface area contributed by atoms with Crippen molar-refractivity contribution in [1.29, 1.82) is 0 Å². The van der Waals surface area contributed by atoms with Gasteiger partial charge in [-0.25, -0.2) is 4.79 Å². The Labute approximate surface area is 178 Å². The number of nitrogens with one attached hydrogen (secondary N) is 3. The largest absolute Gasteiger partial charge is 0.346 e. The molecule has 0 unspecified atom stereocenters. The lowest BCUT2D eigenvalue weighted by Gasteiger charge is -2.16. The summed E-state index contributed by atoms with van der Waals surface area (Å²) >= 11 is 11.4. The number of amides is 2. The summed E-state index contributed by atoms with van der Waals surface area (Å²) < 4.78 is 0. The van der Waals surface area contributed by atoms with Gasteiger partial charge in [0.25, 0.3) is 0 Å². The fraction of sp³-hybridized carbons (Fsp3) is 0.0455. The van der Waals surface area contributed by atoms with Crippen LogP contribution in [0.3, 0.4) is 0 Å². The van der Waals surface area contributed by atoms with E-state index >= 15 is 0 Å². The minimum Gasteiger partial charge on any atom is -0.346 e. The second-order valence-electron chi connectivity index (χ2n) is 6.39. The van der Waals surface area contributed by atoms with Crippen LogP contribution in [0.5, 0.6) is 0 Å². The van der Waals surface area contributed by atoms with Gasteiger partial charge in [-0.15, -0.1) is 0 Å². The van der Waals surface area contributed by atoms with Gasteiger partial charge in [0.15, 0.2) is 6.17 Å². The van der Waals surface area contributed by atoms with Gasteiger partial charge in [-0.2, -0.15) is 0 Å². The molecule has 1 aliphatic heterocycles. The predicted octanol–water partition coefficient (Wildman–Crippen LogP) is 5.08. The van der Waals surface area contributed by atoms with E-state index in [1.165, 1.54) is 0 Å². The first-order chi connectivity index (χ1) is 14.1. The Morgan fingerprint density at radius 3 is 2.41 bits per heavy atom. The molecule has 1 heterocycles. The van der Waals surface area contributed by atoms with Crippen molar-refractivity contribution in [3.8, 4) is 0 Å². The second-order valence-corrected chi connectivity index (χ2v) is 7.26. The molecule has 0 aliphatic carbocycles. The van der Waals surface area contributed by atoms with E-state index in [-0.39, 0.29) is 0 Å². The van der Waals surface area contributed by atoms with E-state index in [1.54, 1.807) is 24.3 Å². The normalized spacial score (nSPS) is 15.4. The number of fused-ring (bicyclic) bond motifs is 1. The van der Waals surface area contributed by atoms with Crippen molar-refractivity contribution in [2.75, 3.05) is 10.6 Å². The van der Waals surface area contributed by atoms with Crippen molar-refractivity contribution < 1.29 is 4.79 Å². The van der Waals surface area contributed by atoms with Crippen LogP contribution in [-0.4, -0.2) is 22.9 Å². The number of benzodiazepines with no additional fused rings is 1. The monoisotopic (exact) mass is 420 g/mol. The molecule has 0 saturated heterocycles. The molecule has 5 nitrogen and oxygen atoms in total. The minimum atomic E-state index is -0.722. The molecule has 29 heavy (non-hydrogen) atoms. The number of thiocarbonyl (C=S) groups is 1. The highest BCUT2D eigenvalue weighted by Gasteiger charge is 2.24. The SMILES string of the molecule is O=C(Nc1ccc(Cl)cc1)N[C@@H]1N=C(c2ccccc2)c2ccccc2NC1=S. The summed E-state index contributed by atoms with van der Waals surface area (Å²) in [7, 11) is 0. The van der Waals surface area contributed by atoms with Gasteiger partial charge in [0.05, 0.1) is 5.71 Å². The number of rotatable bonds is 3. The minimum absolute atomic E-state index is 0.412. The van der Waals surface area contributed by atoms with Crippen LogP contribution in [0.2, 0.25) is 5.02 Å². The molecule has 0 saturated carbocycles. The summed E-state index contributed by atoms with van der Waals surface area (Å²) in [6.07, 6.45) is -0.722. The summed E-state index contributed by atoms with van der Waals surface area (Å²) in [5.41, 5.74) is 4.09. The highest BCUT2D eigenvalue weighted by molar-refractivity contribution is 7.80. The maximum Gasteiger partial charge on any atom is 0.321 e. The van der Waals surface area contributed by atoms with Crippen LogP contribution in [0.1, 0.15) is 11.1 Å². The Morgan fingerprint density at radius 1 is 0.966 bits per heavy atom. The maximum absolute atomic E-state index is 12.5. The number of carbonyl (C=O) groups excluding carboxylic acids is 1. The first-order valence-electron chi connectivity index (χ1n) is 8.97. The van der Waals surface area contributed by atoms with Crippen LogP contribution < -0.4 is 16.0 Å². The number of anilines is 2. The quantitative estimate of drug-likeness (QED) is 0.518. The third-order valence-electron chi connectivity index (χ3n) is 4.36. The van der Waals surface area contributed by atoms with Crippen LogP contribution in [-0.2, 0) is 0 Å². The number of halogens is 1. The maximum atomic E-state index is 12.5. The molecule has 7 heteroatoms. The third-order valence-corrected chi connectivity index (χ3v) is 4.94. The molecular formula is C22H17ClN4OS. The molecule has 2 amide bonds. The summed E-state index contributed by atoms with van der Waals surface area (Å²) in [5.74, 6) is 0. The first-order valence-corrected chi connectivity index (χ1v) is 9.75. The van der Waals surface area contributed by atoms with Crippen molar-refractivity contribution in [1.82, 2.24) is 5.32 Å². The number of para-hydroxylation sites is 1. The van der Waals surface area contributed by atoms with Crippen LogP contribution in [0, 0.1) is 0 Å². The summed E-state index contributed by atoms with van der Waals surface area (Å²) in [4.78, 5) is 17.7. The van der Waals surface area contributed by atoms with Crippen LogP contribution >= 0.6 is 23.8 Å². The van der Waals surface area contributed by atoms with Crippen molar-refractivity contribution in [3.63, 3.8) is 0 Å². The zero-order valence-corrected chi connectivity index (χ0v) is 16.8. The fourth-order valence-electron chi connectivity index (χ4n) is 3.01. The van der Waals surface area contributed by atoms with Crippen LogP contribution in [0.15, 0.2) is 83.9 Å². The molecule has 1 aliphatic rings. The van der Waals surface area contributed by atoms with Gasteiger partial charge in [0.2, 0.25) is 0 Å². The second kappa shape index (κ2) is 8.43. The lowest BCUT2D eigenvalue weighted by Crippen LogP contribution is -2.43. The van der Waals surface area contributed by atoms with E-state index in [4.69, 9.17) is 28.8 Å². The van der Waals surface area contributed by atoms with Gasteiger partial charge in [-0.05, 0) is 30.3 Å². The van der Waals surface area contributed by atoms with E-state index in [0.29, 0.717) is 15.7 Å². The number of urea groups is 1. The van der Waals surface area contributed by atoms with Crippen LogP contribution in [0.4, 0.5) is 16.2 Å². The van der Waals surface area contributed by atoms with Crippen molar-refractivity contribution in [2.45, 2.75) is 6.17 Å².